The fraction of sp³-hybridized carbons (Fsp3) is 0.421. The average Bonchev–Trinajstić information content (AvgIpc) is 3.23. The largest absolute Gasteiger partial charge is 0.351 e. The van der Waals surface area contributed by atoms with E-state index in [1.165, 1.54) is 6.92 Å². The molecule has 1 saturated heterocycles. The number of carbonyl (C=O) groups excluding carboxylic acids is 2. The third kappa shape index (κ3) is 4.47. The molecule has 3 rings (SSSR count). The van der Waals surface area contributed by atoms with Gasteiger partial charge in [-0.3, -0.25) is 9.48 Å². The molecule has 2 heterocycles. The number of likely N-dealkylation sites (tertiary alicyclic amines) is 1. The van der Waals surface area contributed by atoms with E-state index >= 15 is 0 Å². The number of hydrogen-bond donors (Lipinski definition) is 2. The summed E-state index contributed by atoms with van der Waals surface area (Å²) in [5.74, 6) is -1.26. The monoisotopic (exact) mass is 391 g/mol. The van der Waals surface area contributed by atoms with Crippen LogP contribution in [-0.2, 0) is 18.3 Å². The molecule has 7 nitrogen and oxygen atoms in total. The third-order valence-corrected chi connectivity index (χ3v) is 4.91. The van der Waals surface area contributed by atoms with Crippen molar-refractivity contribution in [1.29, 1.82) is 0 Å². The van der Waals surface area contributed by atoms with E-state index in [9.17, 15) is 18.4 Å². The van der Waals surface area contributed by atoms with E-state index in [4.69, 9.17) is 0 Å². The van der Waals surface area contributed by atoms with Crippen LogP contribution in [0.3, 0.4) is 0 Å². The second-order valence-corrected chi connectivity index (χ2v) is 6.92. The van der Waals surface area contributed by atoms with E-state index in [0.29, 0.717) is 13.1 Å². The van der Waals surface area contributed by atoms with Crippen LogP contribution in [0.1, 0.15) is 24.1 Å². The van der Waals surface area contributed by atoms with Crippen molar-refractivity contribution >= 4 is 11.9 Å². The van der Waals surface area contributed by atoms with Gasteiger partial charge in [0.05, 0.1) is 6.04 Å². The maximum absolute atomic E-state index is 13.7. The molecule has 150 valence electrons. The molecule has 1 aliphatic rings. The fourth-order valence-electron chi connectivity index (χ4n) is 3.58. The van der Waals surface area contributed by atoms with E-state index in [2.05, 4.69) is 15.7 Å². The van der Waals surface area contributed by atoms with Gasteiger partial charge in [-0.05, 0) is 36.2 Å². The van der Waals surface area contributed by atoms with Crippen molar-refractivity contribution in [1.82, 2.24) is 25.3 Å². The summed E-state index contributed by atoms with van der Waals surface area (Å²) in [5.41, 5.74) is 1.14. The molecule has 1 aromatic carbocycles. The van der Waals surface area contributed by atoms with Crippen LogP contribution < -0.4 is 10.6 Å². The first-order chi connectivity index (χ1) is 13.3. The Morgan fingerprint density at radius 1 is 1.25 bits per heavy atom. The Hall–Kier alpha value is -2.97. The molecule has 0 radical (unpaired) electrons. The molecule has 2 aromatic rings. The number of rotatable bonds is 5. The third-order valence-electron chi connectivity index (χ3n) is 4.91. The summed E-state index contributed by atoms with van der Waals surface area (Å²) in [6, 6.07) is 4.60. The molecule has 28 heavy (non-hydrogen) atoms. The van der Waals surface area contributed by atoms with Gasteiger partial charge in [0.25, 0.3) is 0 Å². The van der Waals surface area contributed by atoms with E-state index in [1.54, 1.807) is 15.8 Å². The highest BCUT2D eigenvalue weighted by atomic mass is 19.1. The van der Waals surface area contributed by atoms with Gasteiger partial charge >= 0.3 is 6.03 Å². The Morgan fingerprint density at radius 3 is 2.71 bits per heavy atom. The maximum Gasteiger partial charge on any atom is 0.317 e. The van der Waals surface area contributed by atoms with Gasteiger partial charge in [0, 0.05) is 51.4 Å². The van der Waals surface area contributed by atoms with Gasteiger partial charge in [-0.15, -0.1) is 0 Å². The molecule has 0 bridgehead atoms. The minimum atomic E-state index is -0.514. The second kappa shape index (κ2) is 8.37. The number of nitrogens with zero attached hydrogens (tertiary/aromatic N) is 3. The van der Waals surface area contributed by atoms with Crippen LogP contribution in [0.5, 0.6) is 0 Å². The van der Waals surface area contributed by atoms with Crippen molar-refractivity contribution in [2.24, 2.45) is 7.05 Å². The second-order valence-electron chi connectivity index (χ2n) is 6.92. The molecule has 0 aliphatic carbocycles. The molecule has 9 heteroatoms. The molecule has 1 aromatic heterocycles. The van der Waals surface area contributed by atoms with Crippen molar-refractivity contribution in [2.45, 2.75) is 25.3 Å². The van der Waals surface area contributed by atoms with Crippen LogP contribution in [0, 0.1) is 11.6 Å². The minimum absolute atomic E-state index is 0.0807. The van der Waals surface area contributed by atoms with Crippen LogP contribution in [0.4, 0.5) is 13.6 Å². The van der Waals surface area contributed by atoms with Gasteiger partial charge in [-0.2, -0.15) is 5.10 Å². The number of benzene rings is 1. The van der Waals surface area contributed by atoms with Crippen molar-refractivity contribution in [3.8, 4) is 0 Å². The Bertz CT molecular complexity index is 870. The fourth-order valence-corrected chi connectivity index (χ4v) is 3.58. The Morgan fingerprint density at radius 2 is 2.04 bits per heavy atom. The maximum atomic E-state index is 13.7. The first-order valence-corrected chi connectivity index (χ1v) is 9.07. The summed E-state index contributed by atoms with van der Waals surface area (Å²) in [4.78, 5) is 25.7. The first kappa shape index (κ1) is 19.8. The van der Waals surface area contributed by atoms with E-state index < -0.39 is 11.6 Å². The molecule has 2 N–H and O–H groups in total. The molecule has 3 amide bonds. The quantitative estimate of drug-likeness (QED) is 0.812. The zero-order valence-corrected chi connectivity index (χ0v) is 15.8. The number of carbonyl (C=O) groups is 2. The predicted molar refractivity (Wildman–Crippen MR) is 98.6 cm³/mol. The molecule has 0 saturated carbocycles. The summed E-state index contributed by atoms with van der Waals surface area (Å²) in [6.45, 7) is 2.40. The lowest BCUT2D eigenvalue weighted by Gasteiger charge is -2.18. The lowest BCUT2D eigenvalue weighted by atomic mass is 9.99. The SMILES string of the molecule is CC(=O)N[C@@H]1CN(C(=O)NCCc2cc(F)ccc2F)C[C@H]1c1ccnn1C. The number of aromatic nitrogens is 2. The molecule has 0 unspecified atom stereocenters. The van der Waals surface area contributed by atoms with Gasteiger partial charge in [0.1, 0.15) is 11.6 Å². The number of hydrogen-bond acceptors (Lipinski definition) is 3. The molecular weight excluding hydrogens is 368 g/mol. The zero-order chi connectivity index (χ0) is 20.3. The van der Waals surface area contributed by atoms with E-state index in [-0.39, 0.29) is 42.4 Å². The van der Waals surface area contributed by atoms with Crippen LogP contribution in [0.25, 0.3) is 0 Å². The topological polar surface area (TPSA) is 79.3 Å². The summed E-state index contributed by atoms with van der Waals surface area (Å²) in [6.07, 6.45) is 1.86. The highest BCUT2D eigenvalue weighted by molar-refractivity contribution is 5.76. The summed E-state index contributed by atoms with van der Waals surface area (Å²) < 4.78 is 28.6. The summed E-state index contributed by atoms with van der Waals surface area (Å²) in [5, 5.41) is 9.79. The van der Waals surface area contributed by atoms with Gasteiger partial charge in [0.2, 0.25) is 5.91 Å². The molecule has 0 spiro atoms. The normalized spacial score (nSPS) is 18.9. The minimum Gasteiger partial charge on any atom is -0.351 e. The average molecular weight is 391 g/mol. The summed E-state index contributed by atoms with van der Waals surface area (Å²) >= 11 is 0. The highest BCUT2D eigenvalue weighted by Gasteiger charge is 2.38. The number of aryl methyl sites for hydroxylation is 1. The number of halogens is 2. The van der Waals surface area contributed by atoms with Crippen molar-refractivity contribution in [3.63, 3.8) is 0 Å². The van der Waals surface area contributed by atoms with Gasteiger partial charge in [0.15, 0.2) is 0 Å². The van der Waals surface area contributed by atoms with Crippen molar-refractivity contribution in [2.75, 3.05) is 19.6 Å². The number of nitrogens with one attached hydrogen (secondary N) is 2. The van der Waals surface area contributed by atoms with Crippen LogP contribution in [0.15, 0.2) is 30.5 Å². The van der Waals surface area contributed by atoms with Crippen LogP contribution in [-0.4, -0.2) is 52.3 Å². The van der Waals surface area contributed by atoms with Crippen LogP contribution >= 0.6 is 0 Å². The zero-order valence-electron chi connectivity index (χ0n) is 15.8. The molecular formula is C19H23F2N5O2. The van der Waals surface area contributed by atoms with Gasteiger partial charge < -0.3 is 15.5 Å². The van der Waals surface area contributed by atoms with Crippen molar-refractivity contribution in [3.05, 3.63) is 53.4 Å². The lowest BCUT2D eigenvalue weighted by Crippen LogP contribution is -2.42. The summed E-state index contributed by atoms with van der Waals surface area (Å²) in [7, 11) is 1.82. The first-order valence-electron chi connectivity index (χ1n) is 9.07. The van der Waals surface area contributed by atoms with Gasteiger partial charge in [-0.25, -0.2) is 13.6 Å². The number of urea groups is 1. The molecule has 2 atom stereocenters. The van der Waals surface area contributed by atoms with Gasteiger partial charge in [-0.1, -0.05) is 0 Å². The highest BCUT2D eigenvalue weighted by Crippen LogP contribution is 2.27. The predicted octanol–water partition coefficient (Wildman–Crippen LogP) is 1.55. The smallest absolute Gasteiger partial charge is 0.317 e. The Labute approximate surface area is 161 Å². The lowest BCUT2D eigenvalue weighted by molar-refractivity contribution is -0.119. The number of amides is 3. The molecule has 1 aliphatic heterocycles. The molecule has 1 fully saturated rings. The standard InChI is InChI=1S/C19H23F2N5O2/c1-12(27)24-17-11-26(10-15(17)18-6-8-23-25(18)2)19(28)22-7-5-13-9-14(20)3-4-16(13)21/h3-4,6,8-9,15,17H,5,7,10-11H2,1-2H3,(H,22,28)(H,24,27)/t15-,17-/m1/s1. The van der Waals surface area contributed by atoms with Crippen LogP contribution in [0.2, 0.25) is 0 Å². The van der Waals surface area contributed by atoms with Crippen molar-refractivity contribution < 1.29 is 18.4 Å². The Balaban J connectivity index is 1.61. The Kier molecular flexibility index (Phi) is 5.91. The van der Waals surface area contributed by atoms with E-state index in [0.717, 1.165) is 23.9 Å². The van der Waals surface area contributed by atoms with E-state index in [1.807, 2.05) is 13.1 Å².